The SMILES string of the molecule is COc1ccc([C@@H]2c3nc[nH]c3CCN2C(=O)c2ccc(-n3cccn3)nc2)cc1. The maximum absolute atomic E-state index is 13.4. The van der Waals surface area contributed by atoms with Crippen molar-refractivity contribution in [1.29, 1.82) is 0 Å². The predicted molar refractivity (Wildman–Crippen MR) is 110 cm³/mol. The summed E-state index contributed by atoms with van der Waals surface area (Å²) in [5.41, 5.74) is 3.45. The van der Waals surface area contributed by atoms with Gasteiger partial charge in [-0.05, 0) is 35.9 Å². The number of hydrogen-bond donors (Lipinski definition) is 1. The zero-order valence-corrected chi connectivity index (χ0v) is 16.4. The van der Waals surface area contributed by atoms with Crippen LogP contribution in [0.5, 0.6) is 5.75 Å². The Hall–Kier alpha value is -3.94. The van der Waals surface area contributed by atoms with Crippen LogP contribution in [-0.2, 0) is 6.42 Å². The Balaban J connectivity index is 1.49. The summed E-state index contributed by atoms with van der Waals surface area (Å²) in [6.07, 6.45) is 7.52. The number of methoxy groups -OCH3 is 1. The first-order valence-corrected chi connectivity index (χ1v) is 9.68. The Morgan fingerprint density at radius 3 is 2.73 bits per heavy atom. The highest BCUT2D eigenvalue weighted by Gasteiger charge is 2.34. The molecule has 0 saturated heterocycles. The lowest BCUT2D eigenvalue weighted by Gasteiger charge is -2.35. The summed E-state index contributed by atoms with van der Waals surface area (Å²) in [6.45, 7) is 0.589. The molecule has 1 aliphatic heterocycles. The van der Waals surface area contributed by atoms with E-state index < -0.39 is 0 Å². The number of pyridine rings is 1. The van der Waals surface area contributed by atoms with Gasteiger partial charge in [0.1, 0.15) is 11.8 Å². The molecule has 0 fully saturated rings. The van der Waals surface area contributed by atoms with E-state index in [9.17, 15) is 4.79 Å². The van der Waals surface area contributed by atoms with Gasteiger partial charge in [-0.2, -0.15) is 5.10 Å². The molecule has 30 heavy (non-hydrogen) atoms. The van der Waals surface area contributed by atoms with Crippen LogP contribution >= 0.6 is 0 Å². The minimum absolute atomic E-state index is 0.0796. The van der Waals surface area contributed by atoms with E-state index in [4.69, 9.17) is 4.74 Å². The number of ether oxygens (including phenoxy) is 1. The van der Waals surface area contributed by atoms with E-state index in [0.717, 1.165) is 29.1 Å². The van der Waals surface area contributed by atoms with Gasteiger partial charge in [-0.1, -0.05) is 12.1 Å². The number of benzene rings is 1. The van der Waals surface area contributed by atoms with Gasteiger partial charge in [0.25, 0.3) is 5.91 Å². The van der Waals surface area contributed by atoms with Crippen LogP contribution in [-0.4, -0.2) is 49.2 Å². The van der Waals surface area contributed by atoms with Crippen molar-refractivity contribution >= 4 is 5.91 Å². The summed E-state index contributed by atoms with van der Waals surface area (Å²) >= 11 is 0. The predicted octanol–water partition coefficient (Wildman–Crippen LogP) is 2.79. The summed E-state index contributed by atoms with van der Waals surface area (Å²) in [4.78, 5) is 27.4. The van der Waals surface area contributed by atoms with Gasteiger partial charge < -0.3 is 14.6 Å². The van der Waals surface area contributed by atoms with Crippen LogP contribution < -0.4 is 4.74 Å². The molecule has 0 saturated carbocycles. The average Bonchev–Trinajstić information content (AvgIpc) is 3.50. The van der Waals surface area contributed by atoms with Crippen molar-refractivity contribution < 1.29 is 9.53 Å². The number of hydrogen-bond acceptors (Lipinski definition) is 5. The monoisotopic (exact) mass is 400 g/mol. The molecule has 150 valence electrons. The molecule has 1 N–H and O–H groups in total. The molecule has 8 nitrogen and oxygen atoms in total. The topological polar surface area (TPSA) is 88.9 Å². The highest BCUT2D eigenvalue weighted by Crippen LogP contribution is 2.35. The highest BCUT2D eigenvalue weighted by molar-refractivity contribution is 5.94. The Morgan fingerprint density at radius 1 is 1.17 bits per heavy atom. The highest BCUT2D eigenvalue weighted by atomic mass is 16.5. The van der Waals surface area contributed by atoms with E-state index >= 15 is 0 Å². The summed E-state index contributed by atoms with van der Waals surface area (Å²) in [6, 6.07) is 12.9. The maximum atomic E-state index is 13.4. The van der Waals surface area contributed by atoms with Crippen LogP contribution in [0.15, 0.2) is 67.4 Å². The van der Waals surface area contributed by atoms with Gasteiger partial charge in [0.05, 0.1) is 24.7 Å². The first-order valence-electron chi connectivity index (χ1n) is 9.68. The van der Waals surface area contributed by atoms with Gasteiger partial charge in [0, 0.05) is 37.3 Å². The average molecular weight is 400 g/mol. The number of nitrogens with zero attached hydrogens (tertiary/aromatic N) is 5. The van der Waals surface area contributed by atoms with Crippen molar-refractivity contribution in [1.82, 2.24) is 29.6 Å². The van der Waals surface area contributed by atoms with E-state index in [1.165, 1.54) is 0 Å². The first kappa shape index (κ1) is 18.1. The lowest BCUT2D eigenvalue weighted by atomic mass is 9.95. The van der Waals surface area contributed by atoms with E-state index in [-0.39, 0.29) is 11.9 Å². The molecule has 3 aromatic heterocycles. The lowest BCUT2D eigenvalue weighted by molar-refractivity contribution is 0.0690. The van der Waals surface area contributed by atoms with Crippen molar-refractivity contribution in [2.24, 2.45) is 0 Å². The maximum Gasteiger partial charge on any atom is 0.256 e. The molecule has 4 heterocycles. The number of aromatic nitrogens is 5. The molecule has 0 bridgehead atoms. The second kappa shape index (κ2) is 7.47. The van der Waals surface area contributed by atoms with Crippen molar-refractivity contribution in [3.8, 4) is 11.6 Å². The molecule has 1 amide bonds. The molecular formula is C22H20N6O2. The number of carbonyl (C=O) groups is 1. The third kappa shape index (κ3) is 3.12. The lowest BCUT2D eigenvalue weighted by Crippen LogP contribution is -2.40. The fraction of sp³-hybridized carbons (Fsp3) is 0.182. The van der Waals surface area contributed by atoms with Gasteiger partial charge in [0.2, 0.25) is 0 Å². The molecule has 1 atom stereocenters. The Labute approximate surface area is 173 Å². The van der Waals surface area contributed by atoms with Crippen LogP contribution in [0, 0.1) is 0 Å². The van der Waals surface area contributed by atoms with Gasteiger partial charge in [-0.3, -0.25) is 4.79 Å². The number of aromatic amines is 1. The fourth-order valence-corrected chi connectivity index (χ4v) is 3.84. The molecular weight excluding hydrogens is 380 g/mol. The minimum Gasteiger partial charge on any atom is -0.497 e. The van der Waals surface area contributed by atoms with E-state index in [1.807, 2.05) is 41.4 Å². The molecule has 0 spiro atoms. The third-order valence-corrected chi connectivity index (χ3v) is 5.35. The number of rotatable bonds is 4. The largest absolute Gasteiger partial charge is 0.497 e. The smallest absolute Gasteiger partial charge is 0.256 e. The summed E-state index contributed by atoms with van der Waals surface area (Å²) in [5, 5.41) is 4.17. The molecule has 5 rings (SSSR count). The van der Waals surface area contributed by atoms with E-state index in [2.05, 4.69) is 20.1 Å². The molecule has 1 aliphatic rings. The molecule has 8 heteroatoms. The van der Waals surface area contributed by atoms with Crippen molar-refractivity contribution in [2.45, 2.75) is 12.5 Å². The van der Waals surface area contributed by atoms with Crippen molar-refractivity contribution in [2.75, 3.05) is 13.7 Å². The van der Waals surface area contributed by atoms with Crippen molar-refractivity contribution in [3.05, 3.63) is 89.9 Å². The summed E-state index contributed by atoms with van der Waals surface area (Å²) < 4.78 is 6.94. The molecule has 0 unspecified atom stereocenters. The fourth-order valence-electron chi connectivity index (χ4n) is 3.84. The van der Waals surface area contributed by atoms with Gasteiger partial charge >= 0.3 is 0 Å². The summed E-state index contributed by atoms with van der Waals surface area (Å²) in [5.74, 6) is 1.36. The minimum atomic E-state index is -0.274. The molecule has 4 aromatic rings. The van der Waals surface area contributed by atoms with Crippen LogP contribution in [0.2, 0.25) is 0 Å². The zero-order valence-electron chi connectivity index (χ0n) is 16.4. The number of carbonyl (C=O) groups excluding carboxylic acids is 1. The van der Waals surface area contributed by atoms with Gasteiger partial charge in [0.15, 0.2) is 5.82 Å². The van der Waals surface area contributed by atoms with Crippen LogP contribution in [0.4, 0.5) is 0 Å². The Kier molecular flexibility index (Phi) is 4.51. The van der Waals surface area contributed by atoms with Crippen molar-refractivity contribution in [3.63, 3.8) is 0 Å². The number of H-pyrrole nitrogens is 1. The van der Waals surface area contributed by atoms with Gasteiger partial charge in [-0.15, -0.1) is 0 Å². The first-order chi connectivity index (χ1) is 14.7. The number of imidazole rings is 1. The normalized spacial score (nSPS) is 15.6. The Bertz CT molecular complexity index is 1150. The third-order valence-electron chi connectivity index (χ3n) is 5.35. The van der Waals surface area contributed by atoms with E-state index in [0.29, 0.717) is 17.9 Å². The second-order valence-electron chi connectivity index (χ2n) is 7.05. The second-order valence-corrected chi connectivity index (χ2v) is 7.05. The van der Waals surface area contributed by atoms with Crippen LogP contribution in [0.1, 0.15) is 33.4 Å². The molecule has 0 aliphatic carbocycles. The number of nitrogens with one attached hydrogen (secondary N) is 1. The molecule has 0 radical (unpaired) electrons. The number of fused-ring (bicyclic) bond motifs is 1. The standard InChI is InChI=1S/C22H20N6O2/c1-30-17-6-3-15(4-7-17)21-20-18(24-14-25-20)9-12-27(21)22(29)16-5-8-19(23-13-16)28-11-2-10-26-28/h2-8,10-11,13-14,21H,9,12H2,1H3,(H,24,25)/t21-/m1/s1. The van der Waals surface area contributed by atoms with Gasteiger partial charge in [-0.25, -0.2) is 14.6 Å². The Morgan fingerprint density at radius 2 is 2.03 bits per heavy atom. The molecule has 1 aromatic carbocycles. The van der Waals surface area contributed by atoms with Crippen LogP contribution in [0.25, 0.3) is 5.82 Å². The van der Waals surface area contributed by atoms with E-state index in [1.54, 1.807) is 42.6 Å². The number of amides is 1. The zero-order chi connectivity index (χ0) is 20.5. The summed E-state index contributed by atoms with van der Waals surface area (Å²) in [7, 11) is 1.64. The van der Waals surface area contributed by atoms with Crippen LogP contribution in [0.3, 0.4) is 0 Å². The quantitative estimate of drug-likeness (QED) is 0.569.